The third kappa shape index (κ3) is 2.96. The lowest BCUT2D eigenvalue weighted by Crippen LogP contribution is -2.14. The van der Waals surface area contributed by atoms with Crippen molar-refractivity contribution in [3.8, 4) is 0 Å². The van der Waals surface area contributed by atoms with E-state index in [-0.39, 0.29) is 0 Å². The Hall–Kier alpha value is -1.41. The normalized spacial score (nSPS) is 16.8. The first-order valence-corrected chi connectivity index (χ1v) is 8.88. The van der Waals surface area contributed by atoms with Gasteiger partial charge < -0.3 is 5.32 Å². The topological polar surface area (TPSA) is 12.0 Å². The summed E-state index contributed by atoms with van der Waals surface area (Å²) in [7, 11) is 0. The van der Waals surface area contributed by atoms with Gasteiger partial charge in [-0.15, -0.1) is 11.8 Å². The summed E-state index contributed by atoms with van der Waals surface area (Å²) in [6.45, 7) is 5.51. The molecule has 2 aromatic carbocycles. The number of hydrogen-bond acceptors (Lipinski definition) is 2. The first-order chi connectivity index (χ1) is 10.3. The van der Waals surface area contributed by atoms with Crippen LogP contribution in [0.3, 0.4) is 0 Å². The van der Waals surface area contributed by atoms with Crippen molar-refractivity contribution >= 4 is 17.4 Å². The fraction of sp³-hybridized carbons (Fsp3) is 0.368. The Balaban J connectivity index is 1.77. The van der Waals surface area contributed by atoms with Gasteiger partial charge in [0, 0.05) is 28.8 Å². The molecule has 0 bridgehead atoms. The molecule has 1 heterocycles. The number of thioether (sulfide) groups is 1. The maximum absolute atomic E-state index is 3.75. The number of hydrogen-bond donors (Lipinski definition) is 1. The second kappa shape index (κ2) is 6.57. The van der Waals surface area contributed by atoms with E-state index in [1.54, 1.807) is 0 Å². The minimum absolute atomic E-state index is 0.626. The number of rotatable bonds is 5. The zero-order valence-electron chi connectivity index (χ0n) is 12.9. The summed E-state index contributed by atoms with van der Waals surface area (Å²) in [5, 5.41) is 3.75. The Kier molecular flexibility index (Phi) is 4.54. The minimum Gasteiger partial charge on any atom is -0.384 e. The molecule has 1 unspecified atom stereocenters. The van der Waals surface area contributed by atoms with Gasteiger partial charge in [-0.2, -0.15) is 0 Å². The number of fused-ring (bicyclic) bond motifs is 1. The van der Waals surface area contributed by atoms with E-state index in [0.717, 1.165) is 19.4 Å². The monoisotopic (exact) mass is 297 g/mol. The van der Waals surface area contributed by atoms with Crippen molar-refractivity contribution in [2.45, 2.75) is 37.5 Å². The van der Waals surface area contributed by atoms with Crippen LogP contribution in [0.25, 0.3) is 0 Å². The molecule has 0 aromatic heterocycles. The summed E-state index contributed by atoms with van der Waals surface area (Å²) in [5.74, 6) is 1.82. The van der Waals surface area contributed by atoms with Crippen molar-refractivity contribution in [3.63, 3.8) is 0 Å². The lowest BCUT2D eigenvalue weighted by molar-refractivity contribution is 0.815. The Morgan fingerprint density at radius 3 is 2.43 bits per heavy atom. The molecule has 1 nitrogen and oxygen atoms in total. The fourth-order valence-corrected chi connectivity index (χ4v) is 4.35. The summed E-state index contributed by atoms with van der Waals surface area (Å²) in [5.41, 5.74) is 5.76. The minimum atomic E-state index is 0.626. The Labute approximate surface area is 132 Å². The van der Waals surface area contributed by atoms with Gasteiger partial charge in [0.05, 0.1) is 0 Å². The average Bonchev–Trinajstić information content (AvgIpc) is 2.95. The van der Waals surface area contributed by atoms with Gasteiger partial charge in [-0.05, 0) is 35.6 Å². The second-order valence-corrected chi connectivity index (χ2v) is 6.65. The van der Waals surface area contributed by atoms with Crippen LogP contribution in [0.15, 0.2) is 47.4 Å². The highest BCUT2D eigenvalue weighted by molar-refractivity contribution is 7.99. The Morgan fingerprint density at radius 2 is 1.71 bits per heavy atom. The highest BCUT2D eigenvalue weighted by Crippen LogP contribution is 2.39. The van der Waals surface area contributed by atoms with Gasteiger partial charge in [0.25, 0.3) is 0 Å². The molecule has 0 saturated heterocycles. The molecule has 1 N–H and O–H groups in total. The van der Waals surface area contributed by atoms with E-state index in [4.69, 9.17) is 0 Å². The second-order valence-electron chi connectivity index (χ2n) is 5.59. The maximum Gasteiger partial charge on any atom is 0.0405 e. The van der Waals surface area contributed by atoms with Crippen molar-refractivity contribution in [2.24, 2.45) is 0 Å². The van der Waals surface area contributed by atoms with E-state index in [9.17, 15) is 0 Å². The molecule has 3 rings (SSSR count). The van der Waals surface area contributed by atoms with E-state index in [1.807, 2.05) is 11.8 Å². The zero-order valence-corrected chi connectivity index (χ0v) is 13.7. The van der Waals surface area contributed by atoms with E-state index < -0.39 is 0 Å². The quantitative estimate of drug-likeness (QED) is 0.822. The highest BCUT2D eigenvalue weighted by Gasteiger charge is 2.22. The van der Waals surface area contributed by atoms with Crippen LogP contribution in [0.5, 0.6) is 0 Å². The van der Waals surface area contributed by atoms with Gasteiger partial charge in [0.2, 0.25) is 0 Å². The predicted octanol–water partition coefficient (Wildman–Crippen LogP) is 5.11. The van der Waals surface area contributed by atoms with Crippen LogP contribution in [0, 0.1) is 0 Å². The van der Waals surface area contributed by atoms with Crippen molar-refractivity contribution in [2.75, 3.05) is 17.6 Å². The third-order valence-corrected chi connectivity index (χ3v) is 5.57. The molecule has 0 amide bonds. The molecule has 1 aliphatic heterocycles. The summed E-state index contributed by atoms with van der Waals surface area (Å²) in [6, 6.07) is 15.5. The lowest BCUT2D eigenvalue weighted by Gasteiger charge is -2.18. The van der Waals surface area contributed by atoms with Crippen LogP contribution in [-0.4, -0.2) is 12.3 Å². The highest BCUT2D eigenvalue weighted by atomic mass is 32.2. The zero-order chi connectivity index (χ0) is 14.7. The van der Waals surface area contributed by atoms with Gasteiger partial charge in [0.15, 0.2) is 0 Å². The summed E-state index contributed by atoms with van der Waals surface area (Å²) >= 11 is 1.99. The molecule has 21 heavy (non-hydrogen) atoms. The molecule has 0 radical (unpaired) electrons. The molecule has 110 valence electrons. The molecule has 0 aliphatic carbocycles. The standard InChI is InChI=1S/C19H23NS/c1-3-14-8-7-9-15(4-2)19(14)20-12-16-13-21-18-11-6-5-10-17(16)18/h5-11,16,20H,3-4,12-13H2,1-2H3. The van der Waals surface area contributed by atoms with Crippen LogP contribution in [0.4, 0.5) is 5.69 Å². The number of anilines is 1. The average molecular weight is 297 g/mol. The third-order valence-electron chi connectivity index (χ3n) is 4.32. The predicted molar refractivity (Wildman–Crippen MR) is 93.6 cm³/mol. The fourth-order valence-electron chi connectivity index (χ4n) is 3.09. The SMILES string of the molecule is CCc1cccc(CC)c1NCC1CSc2ccccc21. The number of para-hydroxylation sites is 1. The van der Waals surface area contributed by atoms with Crippen LogP contribution >= 0.6 is 11.8 Å². The van der Waals surface area contributed by atoms with E-state index in [0.29, 0.717) is 5.92 Å². The number of benzene rings is 2. The molecule has 0 spiro atoms. The van der Waals surface area contributed by atoms with Crippen molar-refractivity contribution in [1.82, 2.24) is 0 Å². The summed E-state index contributed by atoms with van der Waals surface area (Å²) < 4.78 is 0. The molecule has 0 fully saturated rings. The smallest absolute Gasteiger partial charge is 0.0405 e. The molecule has 1 atom stereocenters. The largest absolute Gasteiger partial charge is 0.384 e. The van der Waals surface area contributed by atoms with Gasteiger partial charge in [0.1, 0.15) is 0 Å². The van der Waals surface area contributed by atoms with Gasteiger partial charge >= 0.3 is 0 Å². The first-order valence-electron chi connectivity index (χ1n) is 7.89. The van der Waals surface area contributed by atoms with Crippen molar-refractivity contribution in [3.05, 3.63) is 59.2 Å². The van der Waals surface area contributed by atoms with Crippen molar-refractivity contribution < 1.29 is 0 Å². The van der Waals surface area contributed by atoms with Crippen LogP contribution in [-0.2, 0) is 12.8 Å². The molecule has 1 aliphatic rings. The van der Waals surface area contributed by atoms with Gasteiger partial charge in [-0.3, -0.25) is 0 Å². The van der Waals surface area contributed by atoms with Gasteiger partial charge in [-0.1, -0.05) is 50.2 Å². The van der Waals surface area contributed by atoms with Crippen molar-refractivity contribution in [1.29, 1.82) is 0 Å². The Bertz CT molecular complexity index is 598. The molecule has 2 heteroatoms. The maximum atomic E-state index is 3.75. The number of nitrogens with one attached hydrogen (secondary N) is 1. The van der Waals surface area contributed by atoms with Crippen LogP contribution in [0.1, 0.15) is 36.5 Å². The number of aryl methyl sites for hydroxylation is 2. The van der Waals surface area contributed by atoms with Crippen LogP contribution < -0.4 is 5.32 Å². The lowest BCUT2D eigenvalue weighted by atomic mass is 9.99. The van der Waals surface area contributed by atoms with E-state index >= 15 is 0 Å². The molecular formula is C19H23NS. The van der Waals surface area contributed by atoms with Gasteiger partial charge in [-0.25, -0.2) is 0 Å². The molecular weight excluding hydrogens is 274 g/mol. The summed E-state index contributed by atoms with van der Waals surface area (Å²) in [4.78, 5) is 1.46. The summed E-state index contributed by atoms with van der Waals surface area (Å²) in [6.07, 6.45) is 2.18. The molecule has 0 saturated carbocycles. The van der Waals surface area contributed by atoms with E-state index in [1.165, 1.54) is 33.0 Å². The van der Waals surface area contributed by atoms with Crippen LogP contribution in [0.2, 0.25) is 0 Å². The molecule has 2 aromatic rings. The Morgan fingerprint density at radius 1 is 1.00 bits per heavy atom. The first kappa shape index (κ1) is 14.5. The van der Waals surface area contributed by atoms with E-state index in [2.05, 4.69) is 61.6 Å².